The van der Waals surface area contributed by atoms with E-state index in [0.29, 0.717) is 5.25 Å². The van der Waals surface area contributed by atoms with E-state index in [0.717, 1.165) is 40.8 Å². The Bertz CT molecular complexity index is 956. The highest BCUT2D eigenvalue weighted by molar-refractivity contribution is 7.99. The Hall–Kier alpha value is -1.72. The molecule has 0 nitrogen and oxygen atoms in total. The normalized spacial score (nSPS) is 13.5. The molecule has 3 rings (SSSR count). The van der Waals surface area contributed by atoms with Gasteiger partial charge in [-0.3, -0.25) is 0 Å². The number of hydrogen-bond acceptors (Lipinski definition) is 2. The largest absolute Gasteiger partial charge is 0.416 e. The maximum Gasteiger partial charge on any atom is 0.416 e. The SMILES string of the molecule is Cc1cc(SC(CC(C)(C)C)c2cccs2)cc(C)c1-c1ccc(C(F)(F)F)cc1. The molecule has 0 spiro atoms. The van der Waals surface area contributed by atoms with E-state index in [1.807, 2.05) is 25.6 Å². The highest BCUT2D eigenvalue weighted by Crippen LogP contribution is 2.45. The fraction of sp³-hybridized carbons (Fsp3) is 0.360. The van der Waals surface area contributed by atoms with Gasteiger partial charge in [0, 0.05) is 15.0 Å². The molecule has 0 saturated heterocycles. The van der Waals surface area contributed by atoms with Gasteiger partial charge in [0.2, 0.25) is 0 Å². The van der Waals surface area contributed by atoms with E-state index in [1.165, 1.54) is 9.77 Å². The van der Waals surface area contributed by atoms with Gasteiger partial charge in [-0.2, -0.15) is 13.2 Å². The summed E-state index contributed by atoms with van der Waals surface area (Å²) in [5.74, 6) is 0. The van der Waals surface area contributed by atoms with Crippen molar-refractivity contribution in [3.8, 4) is 11.1 Å². The van der Waals surface area contributed by atoms with Gasteiger partial charge in [0.15, 0.2) is 0 Å². The van der Waals surface area contributed by atoms with Gasteiger partial charge >= 0.3 is 6.18 Å². The van der Waals surface area contributed by atoms with Crippen LogP contribution in [0, 0.1) is 19.3 Å². The molecule has 0 aliphatic heterocycles. The van der Waals surface area contributed by atoms with Crippen molar-refractivity contribution >= 4 is 23.1 Å². The Morgan fingerprint density at radius 1 is 0.933 bits per heavy atom. The molecule has 0 fully saturated rings. The second kappa shape index (κ2) is 8.80. The van der Waals surface area contributed by atoms with Crippen molar-refractivity contribution in [2.45, 2.75) is 57.4 Å². The number of benzene rings is 2. The molecule has 0 saturated carbocycles. The predicted octanol–water partition coefficient (Wildman–Crippen LogP) is 9.32. The predicted molar refractivity (Wildman–Crippen MR) is 123 cm³/mol. The zero-order chi connectivity index (χ0) is 22.1. The molecule has 2 aromatic carbocycles. The molecule has 5 heteroatoms. The summed E-state index contributed by atoms with van der Waals surface area (Å²) >= 11 is 3.66. The number of rotatable bonds is 5. The van der Waals surface area contributed by atoms with Crippen molar-refractivity contribution in [2.24, 2.45) is 5.41 Å². The van der Waals surface area contributed by atoms with Gasteiger partial charge in [-0.25, -0.2) is 0 Å². The number of thiophene rings is 1. The van der Waals surface area contributed by atoms with E-state index >= 15 is 0 Å². The molecular weight excluding hydrogens is 421 g/mol. The molecule has 1 heterocycles. The number of alkyl halides is 3. The third kappa shape index (κ3) is 5.70. The lowest BCUT2D eigenvalue weighted by Gasteiger charge is -2.25. The molecule has 0 bridgehead atoms. The molecule has 0 amide bonds. The molecule has 1 aromatic heterocycles. The molecule has 0 aliphatic rings. The Morgan fingerprint density at radius 3 is 2.00 bits per heavy atom. The second-order valence-corrected chi connectivity index (χ2v) is 11.1. The summed E-state index contributed by atoms with van der Waals surface area (Å²) in [5.41, 5.74) is 3.59. The van der Waals surface area contributed by atoms with Gasteiger partial charge in [0.25, 0.3) is 0 Å². The Labute approximate surface area is 185 Å². The first-order valence-electron chi connectivity index (χ1n) is 9.93. The average molecular weight is 449 g/mol. The van der Waals surface area contributed by atoms with Crippen molar-refractivity contribution in [1.82, 2.24) is 0 Å². The highest BCUT2D eigenvalue weighted by Gasteiger charge is 2.30. The summed E-state index contributed by atoms with van der Waals surface area (Å²) in [4.78, 5) is 2.57. The van der Waals surface area contributed by atoms with E-state index < -0.39 is 11.7 Å². The Kier molecular flexibility index (Phi) is 6.73. The van der Waals surface area contributed by atoms with E-state index in [4.69, 9.17) is 0 Å². The van der Waals surface area contributed by atoms with Gasteiger partial charge in [0.1, 0.15) is 0 Å². The van der Waals surface area contributed by atoms with Crippen molar-refractivity contribution in [2.75, 3.05) is 0 Å². The summed E-state index contributed by atoms with van der Waals surface area (Å²) in [5, 5.41) is 2.50. The van der Waals surface area contributed by atoms with Crippen molar-refractivity contribution in [3.05, 3.63) is 75.5 Å². The third-order valence-electron chi connectivity index (χ3n) is 4.94. The van der Waals surface area contributed by atoms with E-state index in [1.54, 1.807) is 23.5 Å². The van der Waals surface area contributed by atoms with E-state index in [-0.39, 0.29) is 5.41 Å². The van der Waals surface area contributed by atoms with Crippen LogP contribution >= 0.6 is 23.1 Å². The Balaban J connectivity index is 1.90. The first-order chi connectivity index (χ1) is 13.9. The van der Waals surface area contributed by atoms with Crippen molar-refractivity contribution in [3.63, 3.8) is 0 Å². The smallest absolute Gasteiger partial charge is 0.166 e. The zero-order valence-corrected chi connectivity index (χ0v) is 19.6. The van der Waals surface area contributed by atoms with Crippen LogP contribution in [-0.2, 0) is 6.18 Å². The van der Waals surface area contributed by atoms with Crippen LogP contribution in [0.5, 0.6) is 0 Å². The lowest BCUT2D eigenvalue weighted by atomic mass is 9.90. The van der Waals surface area contributed by atoms with Crippen molar-refractivity contribution < 1.29 is 13.2 Å². The third-order valence-corrected chi connectivity index (χ3v) is 7.29. The van der Waals surface area contributed by atoms with E-state index in [2.05, 4.69) is 50.4 Å². The first-order valence-corrected chi connectivity index (χ1v) is 11.7. The van der Waals surface area contributed by atoms with Gasteiger partial charge in [-0.05, 0) is 83.6 Å². The topological polar surface area (TPSA) is 0 Å². The maximum atomic E-state index is 12.9. The summed E-state index contributed by atoms with van der Waals surface area (Å²) in [6.45, 7) is 10.9. The lowest BCUT2D eigenvalue weighted by molar-refractivity contribution is -0.137. The quantitative estimate of drug-likeness (QED) is 0.350. The fourth-order valence-electron chi connectivity index (χ4n) is 3.67. The molecular formula is C25H27F3S2. The number of aryl methyl sites for hydroxylation is 2. The summed E-state index contributed by atoms with van der Waals surface area (Å²) < 4.78 is 38.7. The summed E-state index contributed by atoms with van der Waals surface area (Å²) in [6.07, 6.45) is -3.25. The Morgan fingerprint density at radius 2 is 1.53 bits per heavy atom. The number of hydrogen-bond donors (Lipinski definition) is 0. The summed E-state index contributed by atoms with van der Waals surface area (Å²) in [6, 6.07) is 14.1. The molecule has 3 aromatic rings. The van der Waals surface area contributed by atoms with Crippen LogP contribution in [0.2, 0.25) is 0 Å². The molecule has 1 atom stereocenters. The van der Waals surface area contributed by atoms with Crippen LogP contribution in [0.4, 0.5) is 13.2 Å². The number of halogens is 3. The first kappa shape index (κ1) is 23.0. The van der Waals surface area contributed by atoms with Crippen LogP contribution in [0.25, 0.3) is 11.1 Å². The average Bonchev–Trinajstić information content (AvgIpc) is 3.14. The van der Waals surface area contributed by atoms with Crippen LogP contribution in [0.3, 0.4) is 0 Å². The van der Waals surface area contributed by atoms with Crippen LogP contribution < -0.4 is 0 Å². The molecule has 0 radical (unpaired) electrons. The van der Waals surface area contributed by atoms with Crippen molar-refractivity contribution in [1.29, 1.82) is 0 Å². The maximum absolute atomic E-state index is 12.9. The van der Waals surface area contributed by atoms with Crippen LogP contribution in [0.15, 0.2) is 58.8 Å². The monoisotopic (exact) mass is 448 g/mol. The molecule has 0 N–H and O–H groups in total. The minimum atomic E-state index is -4.31. The highest BCUT2D eigenvalue weighted by atomic mass is 32.2. The van der Waals surface area contributed by atoms with Crippen LogP contribution in [0.1, 0.15) is 54.0 Å². The standard InChI is InChI=1S/C25H27F3S2/c1-16-13-20(30-22(15-24(3,4)5)21-7-6-12-29-21)14-17(2)23(16)18-8-10-19(11-9-18)25(26,27)28/h6-14,22H,15H2,1-5H3. The number of thioether (sulfide) groups is 1. The van der Waals surface area contributed by atoms with Gasteiger partial charge in [-0.1, -0.05) is 39.0 Å². The fourth-order valence-corrected chi connectivity index (χ4v) is 6.28. The molecule has 30 heavy (non-hydrogen) atoms. The van der Waals surface area contributed by atoms with Gasteiger partial charge in [-0.15, -0.1) is 23.1 Å². The van der Waals surface area contributed by atoms with Gasteiger partial charge in [0.05, 0.1) is 5.56 Å². The molecule has 1 unspecified atom stereocenters. The van der Waals surface area contributed by atoms with Crippen LogP contribution in [-0.4, -0.2) is 0 Å². The zero-order valence-electron chi connectivity index (χ0n) is 17.9. The minimum absolute atomic E-state index is 0.214. The lowest BCUT2D eigenvalue weighted by Crippen LogP contribution is -2.09. The van der Waals surface area contributed by atoms with E-state index in [9.17, 15) is 13.2 Å². The minimum Gasteiger partial charge on any atom is -0.166 e. The van der Waals surface area contributed by atoms with Gasteiger partial charge < -0.3 is 0 Å². The molecule has 160 valence electrons. The summed E-state index contributed by atoms with van der Waals surface area (Å²) in [7, 11) is 0. The molecule has 0 aliphatic carbocycles. The second-order valence-electron chi connectivity index (χ2n) is 8.89.